The molecule has 0 aliphatic carbocycles. The number of benzene rings is 3. The first-order chi connectivity index (χ1) is 15.5. The van der Waals surface area contributed by atoms with Gasteiger partial charge in [0.25, 0.3) is 0 Å². The minimum atomic E-state index is -0.559. The van der Waals surface area contributed by atoms with Gasteiger partial charge in [0.05, 0.1) is 17.3 Å². The summed E-state index contributed by atoms with van der Waals surface area (Å²) < 4.78 is 24.7. The van der Waals surface area contributed by atoms with Gasteiger partial charge in [-0.05, 0) is 41.5 Å². The largest absolute Gasteiger partial charge is 0.508 e. The summed E-state index contributed by atoms with van der Waals surface area (Å²) in [7, 11) is 0. The van der Waals surface area contributed by atoms with Crippen LogP contribution < -0.4 is 5.63 Å². The first kappa shape index (κ1) is 19.6. The van der Waals surface area contributed by atoms with Crippen LogP contribution in [-0.2, 0) is 6.42 Å². The van der Waals surface area contributed by atoms with Gasteiger partial charge in [0.1, 0.15) is 22.9 Å². The molecule has 3 aromatic carbocycles. The summed E-state index contributed by atoms with van der Waals surface area (Å²) >= 11 is 0. The number of hydrogen-bond donors (Lipinski definition) is 2. The molecule has 0 radical (unpaired) electrons. The summed E-state index contributed by atoms with van der Waals surface area (Å²) in [6.07, 6.45) is 1.65. The molecule has 0 saturated heterocycles. The first-order valence-corrected chi connectivity index (χ1v) is 9.78. The van der Waals surface area contributed by atoms with E-state index in [4.69, 9.17) is 8.94 Å². The highest BCUT2D eigenvalue weighted by Gasteiger charge is 2.21. The molecular formula is C25H16FNO5. The fourth-order valence-electron chi connectivity index (χ4n) is 3.82. The number of halogens is 1. The molecule has 7 heteroatoms. The minimum absolute atomic E-state index is 0.0330. The average molecular weight is 429 g/mol. The van der Waals surface area contributed by atoms with Crippen LogP contribution in [-0.4, -0.2) is 15.4 Å². The van der Waals surface area contributed by atoms with Crippen LogP contribution >= 0.6 is 0 Å². The van der Waals surface area contributed by atoms with Gasteiger partial charge in [0, 0.05) is 23.4 Å². The Bertz CT molecular complexity index is 1500. The van der Waals surface area contributed by atoms with E-state index in [0.29, 0.717) is 27.6 Å². The zero-order chi connectivity index (χ0) is 22.2. The fourth-order valence-corrected chi connectivity index (χ4v) is 3.82. The van der Waals surface area contributed by atoms with Crippen LogP contribution in [0.2, 0.25) is 0 Å². The van der Waals surface area contributed by atoms with Gasteiger partial charge in [-0.25, -0.2) is 9.18 Å². The van der Waals surface area contributed by atoms with E-state index in [1.807, 2.05) is 18.2 Å². The molecule has 2 aromatic heterocycles. The van der Waals surface area contributed by atoms with Crippen LogP contribution in [0.4, 0.5) is 4.39 Å². The van der Waals surface area contributed by atoms with Gasteiger partial charge in [-0.2, -0.15) is 0 Å². The standard InChI is InChI=1S/C25H16FNO5/c26-16-6-9-21(29)20(11-16)24-15(13-27-32-24)10-19-18-8-7-17(28)12-22(18)31-25(30)23(19)14-4-2-1-3-5-14/h1-9,11-13,28-29H,10H2. The molecule has 0 aliphatic rings. The second-order valence-electron chi connectivity index (χ2n) is 7.31. The Morgan fingerprint density at radius 2 is 1.78 bits per heavy atom. The van der Waals surface area contributed by atoms with Crippen molar-refractivity contribution < 1.29 is 23.5 Å². The number of nitrogens with zero attached hydrogens (tertiary/aromatic N) is 1. The van der Waals surface area contributed by atoms with E-state index in [-0.39, 0.29) is 34.8 Å². The lowest BCUT2D eigenvalue weighted by Crippen LogP contribution is -2.09. The van der Waals surface area contributed by atoms with Gasteiger partial charge < -0.3 is 19.2 Å². The van der Waals surface area contributed by atoms with Crippen molar-refractivity contribution in [3.8, 4) is 33.9 Å². The maximum atomic E-state index is 13.8. The summed E-state index contributed by atoms with van der Waals surface area (Å²) in [4.78, 5) is 13.0. The molecular weight excluding hydrogens is 413 g/mol. The van der Waals surface area contributed by atoms with Crippen molar-refractivity contribution in [2.75, 3.05) is 0 Å². The SMILES string of the molecule is O=c1oc2cc(O)ccc2c(Cc2cnoc2-c2cc(F)ccc2O)c1-c1ccccc1. The van der Waals surface area contributed by atoms with Gasteiger partial charge in [-0.1, -0.05) is 35.5 Å². The maximum Gasteiger partial charge on any atom is 0.344 e. The van der Waals surface area contributed by atoms with Gasteiger partial charge in [-0.15, -0.1) is 0 Å². The topological polar surface area (TPSA) is 96.7 Å². The second kappa shape index (κ2) is 7.70. The molecule has 0 amide bonds. The fraction of sp³-hybridized carbons (Fsp3) is 0.0400. The Hall–Kier alpha value is -4.39. The Morgan fingerprint density at radius 3 is 2.59 bits per heavy atom. The smallest absolute Gasteiger partial charge is 0.344 e. The van der Waals surface area contributed by atoms with E-state index >= 15 is 0 Å². The summed E-state index contributed by atoms with van der Waals surface area (Å²) in [5.74, 6) is -0.531. The van der Waals surface area contributed by atoms with Crippen molar-refractivity contribution in [2.45, 2.75) is 6.42 Å². The molecule has 0 aliphatic heterocycles. The predicted octanol–water partition coefficient (Wildman–Crippen LogP) is 5.26. The van der Waals surface area contributed by atoms with Crippen LogP contribution in [0.1, 0.15) is 11.1 Å². The van der Waals surface area contributed by atoms with Gasteiger partial charge >= 0.3 is 5.63 Å². The van der Waals surface area contributed by atoms with Gasteiger partial charge in [-0.3, -0.25) is 0 Å². The number of fused-ring (bicyclic) bond motifs is 1. The summed E-state index contributed by atoms with van der Waals surface area (Å²) in [5, 5.41) is 24.5. The first-order valence-electron chi connectivity index (χ1n) is 9.78. The van der Waals surface area contributed by atoms with Crippen LogP contribution in [0.5, 0.6) is 11.5 Å². The van der Waals surface area contributed by atoms with Crippen LogP contribution in [0.3, 0.4) is 0 Å². The Kier molecular flexibility index (Phi) is 4.71. The number of aromatic nitrogens is 1. The number of rotatable bonds is 4. The molecule has 6 nitrogen and oxygen atoms in total. The average Bonchev–Trinajstić information content (AvgIpc) is 3.23. The quantitative estimate of drug-likeness (QED) is 0.379. The van der Waals surface area contributed by atoms with E-state index in [2.05, 4.69) is 5.16 Å². The molecule has 32 heavy (non-hydrogen) atoms. The van der Waals surface area contributed by atoms with Crippen molar-refractivity contribution in [2.24, 2.45) is 0 Å². The van der Waals surface area contributed by atoms with Crippen molar-refractivity contribution in [3.05, 3.63) is 100 Å². The Balaban J connectivity index is 1.75. The number of phenols is 2. The molecule has 0 spiro atoms. The second-order valence-corrected chi connectivity index (χ2v) is 7.31. The van der Waals surface area contributed by atoms with Gasteiger partial charge in [0.2, 0.25) is 0 Å². The molecule has 2 heterocycles. The van der Waals surface area contributed by atoms with Crippen LogP contribution in [0.25, 0.3) is 33.4 Å². The third-order valence-corrected chi connectivity index (χ3v) is 5.28. The van der Waals surface area contributed by atoms with Crippen LogP contribution in [0.15, 0.2) is 86.7 Å². The van der Waals surface area contributed by atoms with Crippen molar-refractivity contribution in [3.63, 3.8) is 0 Å². The minimum Gasteiger partial charge on any atom is -0.508 e. The number of phenolic OH excluding ortho intramolecular Hbond substituents is 2. The number of aromatic hydroxyl groups is 2. The van der Waals surface area contributed by atoms with E-state index < -0.39 is 11.4 Å². The highest BCUT2D eigenvalue weighted by atomic mass is 19.1. The summed E-state index contributed by atoms with van der Waals surface area (Å²) in [6, 6.07) is 17.2. The Labute approximate surface area is 180 Å². The number of hydrogen-bond acceptors (Lipinski definition) is 6. The lowest BCUT2D eigenvalue weighted by Gasteiger charge is -2.12. The van der Waals surface area contributed by atoms with Crippen LogP contribution in [0, 0.1) is 5.82 Å². The molecule has 5 rings (SSSR count). The predicted molar refractivity (Wildman–Crippen MR) is 116 cm³/mol. The molecule has 0 bridgehead atoms. The molecule has 0 atom stereocenters. The van der Waals surface area contributed by atoms with Crippen molar-refractivity contribution in [1.82, 2.24) is 5.16 Å². The van der Waals surface area contributed by atoms with E-state index in [1.54, 1.807) is 18.2 Å². The normalized spacial score (nSPS) is 11.2. The lowest BCUT2D eigenvalue weighted by atomic mass is 9.92. The zero-order valence-corrected chi connectivity index (χ0v) is 16.6. The Morgan fingerprint density at radius 1 is 0.969 bits per heavy atom. The van der Waals surface area contributed by atoms with E-state index in [0.717, 1.165) is 12.1 Å². The van der Waals surface area contributed by atoms with E-state index in [9.17, 15) is 19.4 Å². The third kappa shape index (κ3) is 3.39. The molecule has 158 valence electrons. The molecule has 0 saturated carbocycles. The monoisotopic (exact) mass is 429 g/mol. The van der Waals surface area contributed by atoms with Crippen molar-refractivity contribution in [1.29, 1.82) is 0 Å². The van der Waals surface area contributed by atoms with E-state index in [1.165, 1.54) is 24.4 Å². The highest BCUT2D eigenvalue weighted by molar-refractivity contribution is 5.88. The lowest BCUT2D eigenvalue weighted by molar-refractivity contribution is 0.425. The highest BCUT2D eigenvalue weighted by Crippen LogP contribution is 2.36. The molecule has 2 N–H and O–H groups in total. The third-order valence-electron chi connectivity index (χ3n) is 5.28. The molecule has 0 fully saturated rings. The maximum absolute atomic E-state index is 13.8. The molecule has 5 aromatic rings. The summed E-state index contributed by atoms with van der Waals surface area (Å²) in [5.41, 5.74) is 2.03. The summed E-state index contributed by atoms with van der Waals surface area (Å²) in [6.45, 7) is 0. The zero-order valence-electron chi connectivity index (χ0n) is 16.6. The molecule has 0 unspecified atom stereocenters. The van der Waals surface area contributed by atoms with Crippen molar-refractivity contribution >= 4 is 11.0 Å². The van der Waals surface area contributed by atoms with Gasteiger partial charge in [0.15, 0.2) is 5.76 Å².